The number of nitrogens with zero attached hydrogens (tertiary/aromatic N) is 2. The molecule has 5 rings (SSSR count). The van der Waals surface area contributed by atoms with Gasteiger partial charge in [-0.15, -0.1) is 5.10 Å². The third-order valence-electron chi connectivity index (χ3n) is 5.50. The number of rotatable bonds is 2. The molecule has 0 radical (unpaired) electrons. The largest absolute Gasteiger partial charge is 0.361 e. The summed E-state index contributed by atoms with van der Waals surface area (Å²) in [5, 5.41) is 15.6. The summed E-state index contributed by atoms with van der Waals surface area (Å²) in [6.07, 6.45) is 5.59. The van der Waals surface area contributed by atoms with Gasteiger partial charge in [-0.25, -0.2) is 0 Å². The molecule has 6 nitrogen and oxygen atoms in total. The average Bonchev–Trinajstić information content (AvgIpc) is 3.07. The average molecular weight is 333 g/mol. The van der Waals surface area contributed by atoms with Crippen LogP contribution in [0.2, 0.25) is 0 Å². The van der Waals surface area contributed by atoms with E-state index in [1.54, 1.807) is 18.3 Å². The maximum atomic E-state index is 12.7. The van der Waals surface area contributed by atoms with Gasteiger partial charge in [0.05, 0.1) is 5.92 Å². The lowest BCUT2D eigenvalue weighted by atomic mass is 9.73. The normalized spacial score (nSPS) is 24.7. The molecule has 1 aliphatic carbocycles. The number of amides is 1. The molecule has 3 N–H and O–H groups in total. The van der Waals surface area contributed by atoms with Crippen LogP contribution in [0.3, 0.4) is 0 Å². The minimum atomic E-state index is -0.0704. The van der Waals surface area contributed by atoms with Gasteiger partial charge < -0.3 is 15.6 Å². The molecule has 6 heteroatoms. The number of piperidine rings is 1. The minimum Gasteiger partial charge on any atom is -0.361 e. The van der Waals surface area contributed by atoms with Crippen molar-refractivity contribution in [2.45, 2.75) is 24.8 Å². The Hall–Kier alpha value is -2.73. The molecule has 1 amide bonds. The molecule has 3 heterocycles. The molecule has 25 heavy (non-hydrogen) atoms. The van der Waals surface area contributed by atoms with Crippen molar-refractivity contribution < 1.29 is 4.79 Å². The molecule has 1 aliphatic heterocycles. The smallest absolute Gasteiger partial charge is 0.229 e. The first-order valence-electron chi connectivity index (χ1n) is 8.70. The molecule has 0 bridgehead atoms. The lowest BCUT2D eigenvalue weighted by molar-refractivity contribution is -0.120. The maximum absolute atomic E-state index is 12.7. The number of carbonyl (C=O) groups is 1. The molecule has 1 saturated heterocycles. The van der Waals surface area contributed by atoms with Crippen LogP contribution in [-0.2, 0) is 11.2 Å². The summed E-state index contributed by atoms with van der Waals surface area (Å²) in [5.74, 6) is 0.809. The van der Waals surface area contributed by atoms with Crippen LogP contribution >= 0.6 is 0 Å². The van der Waals surface area contributed by atoms with Crippen LogP contribution < -0.4 is 10.6 Å². The number of aromatic nitrogens is 3. The highest BCUT2D eigenvalue weighted by Gasteiger charge is 2.38. The second kappa shape index (κ2) is 5.67. The summed E-state index contributed by atoms with van der Waals surface area (Å²) in [5.41, 5.74) is 3.92. The molecule has 2 unspecified atom stereocenters. The third-order valence-corrected chi connectivity index (χ3v) is 5.50. The minimum absolute atomic E-state index is 0.0125. The van der Waals surface area contributed by atoms with Crippen molar-refractivity contribution in [1.82, 2.24) is 20.5 Å². The second-order valence-electron chi connectivity index (χ2n) is 6.94. The van der Waals surface area contributed by atoms with Gasteiger partial charge in [0.2, 0.25) is 5.91 Å². The van der Waals surface area contributed by atoms with Gasteiger partial charge in [-0.05, 0) is 42.2 Å². The van der Waals surface area contributed by atoms with E-state index in [1.807, 2.05) is 0 Å². The fourth-order valence-electron chi connectivity index (χ4n) is 4.34. The molecule has 1 aromatic carbocycles. The number of benzene rings is 1. The topological polar surface area (TPSA) is 82.7 Å². The Morgan fingerprint density at radius 3 is 3.08 bits per heavy atom. The first kappa shape index (κ1) is 14.6. The van der Waals surface area contributed by atoms with Crippen LogP contribution in [0.1, 0.15) is 23.5 Å². The van der Waals surface area contributed by atoms with E-state index in [0.717, 1.165) is 12.8 Å². The summed E-state index contributed by atoms with van der Waals surface area (Å²) >= 11 is 0. The van der Waals surface area contributed by atoms with Gasteiger partial charge in [-0.2, -0.15) is 5.10 Å². The van der Waals surface area contributed by atoms with Crippen LogP contribution in [0, 0.1) is 5.92 Å². The summed E-state index contributed by atoms with van der Waals surface area (Å²) in [6.45, 7) is 0.697. The zero-order valence-electron chi connectivity index (χ0n) is 13.7. The van der Waals surface area contributed by atoms with Crippen LogP contribution in [0.15, 0.2) is 42.7 Å². The Morgan fingerprint density at radius 2 is 2.20 bits per heavy atom. The quantitative estimate of drug-likeness (QED) is 0.671. The molecule has 2 aliphatic rings. The van der Waals surface area contributed by atoms with E-state index in [-0.39, 0.29) is 11.8 Å². The van der Waals surface area contributed by atoms with Crippen LogP contribution in [0.4, 0.5) is 5.82 Å². The van der Waals surface area contributed by atoms with E-state index >= 15 is 0 Å². The first-order valence-corrected chi connectivity index (χ1v) is 8.70. The van der Waals surface area contributed by atoms with Crippen LogP contribution in [-0.4, -0.2) is 33.7 Å². The van der Waals surface area contributed by atoms with Crippen molar-refractivity contribution in [3.05, 3.63) is 53.9 Å². The monoisotopic (exact) mass is 333 g/mol. The molecular weight excluding hydrogens is 314 g/mol. The molecule has 0 saturated carbocycles. The molecule has 3 atom stereocenters. The lowest BCUT2D eigenvalue weighted by Crippen LogP contribution is -2.49. The van der Waals surface area contributed by atoms with E-state index in [9.17, 15) is 4.79 Å². The number of carbonyl (C=O) groups excluding carboxylic acids is 1. The van der Waals surface area contributed by atoms with Crippen molar-refractivity contribution in [3.63, 3.8) is 0 Å². The number of fused-ring (bicyclic) bond motifs is 2. The number of anilines is 1. The van der Waals surface area contributed by atoms with Gasteiger partial charge in [-0.1, -0.05) is 12.1 Å². The zero-order valence-corrected chi connectivity index (χ0v) is 13.7. The molecule has 126 valence electrons. The summed E-state index contributed by atoms with van der Waals surface area (Å²) < 4.78 is 0. The summed E-state index contributed by atoms with van der Waals surface area (Å²) in [4.78, 5) is 16.0. The SMILES string of the molecule is O=C(Nc1cccnn1)C1CN[C@@H]2Cc3c[nH]c4cccc(c34)C2C1. The van der Waals surface area contributed by atoms with Gasteiger partial charge in [0.25, 0.3) is 0 Å². The highest BCUT2D eigenvalue weighted by molar-refractivity contribution is 5.92. The van der Waals surface area contributed by atoms with E-state index < -0.39 is 0 Å². The Labute approximate surface area is 145 Å². The van der Waals surface area contributed by atoms with Crippen molar-refractivity contribution in [2.24, 2.45) is 5.92 Å². The van der Waals surface area contributed by atoms with Crippen molar-refractivity contribution >= 4 is 22.6 Å². The van der Waals surface area contributed by atoms with Gasteiger partial charge in [0, 0.05) is 41.8 Å². The standard InChI is InChI=1S/C19H19N5O/c25-19(23-17-5-2-6-22-24-17)12-7-14-13-3-1-4-15-18(13)11(9-20-15)8-16(14)21-10-12/h1-6,9,12,14,16,20-21H,7-8,10H2,(H,23,24,25)/t12?,14?,16-/m1/s1. The van der Waals surface area contributed by atoms with E-state index in [1.165, 1.54) is 22.0 Å². The van der Waals surface area contributed by atoms with Gasteiger partial charge in [0.15, 0.2) is 5.82 Å². The number of aromatic amines is 1. The van der Waals surface area contributed by atoms with Gasteiger partial charge in [-0.3, -0.25) is 4.79 Å². The molecule has 3 aromatic rings. The highest BCUT2D eigenvalue weighted by atomic mass is 16.2. The van der Waals surface area contributed by atoms with Crippen LogP contribution in [0.25, 0.3) is 10.9 Å². The molecule has 0 spiro atoms. The predicted molar refractivity (Wildman–Crippen MR) is 95.3 cm³/mol. The van der Waals surface area contributed by atoms with Crippen molar-refractivity contribution in [3.8, 4) is 0 Å². The Bertz CT molecular complexity index is 935. The van der Waals surface area contributed by atoms with E-state index in [0.29, 0.717) is 24.3 Å². The maximum Gasteiger partial charge on any atom is 0.229 e. The van der Waals surface area contributed by atoms with Gasteiger partial charge in [0.1, 0.15) is 0 Å². The lowest BCUT2D eigenvalue weighted by Gasteiger charge is -2.39. The van der Waals surface area contributed by atoms with Gasteiger partial charge >= 0.3 is 0 Å². The Kier molecular flexibility index (Phi) is 3.31. The van der Waals surface area contributed by atoms with E-state index in [4.69, 9.17) is 0 Å². The Morgan fingerprint density at radius 1 is 1.24 bits per heavy atom. The summed E-state index contributed by atoms with van der Waals surface area (Å²) in [6, 6.07) is 10.4. The van der Waals surface area contributed by atoms with Crippen molar-refractivity contribution in [2.75, 3.05) is 11.9 Å². The number of nitrogens with one attached hydrogen (secondary N) is 3. The zero-order chi connectivity index (χ0) is 16.8. The number of hydrogen-bond acceptors (Lipinski definition) is 4. The highest BCUT2D eigenvalue weighted by Crippen LogP contribution is 2.41. The summed E-state index contributed by atoms with van der Waals surface area (Å²) in [7, 11) is 0. The van der Waals surface area contributed by atoms with Crippen LogP contribution in [0.5, 0.6) is 0 Å². The molecular formula is C19H19N5O. The fraction of sp³-hybridized carbons (Fsp3) is 0.316. The molecule has 2 aromatic heterocycles. The second-order valence-corrected chi connectivity index (χ2v) is 6.94. The molecule has 1 fully saturated rings. The van der Waals surface area contributed by atoms with E-state index in [2.05, 4.69) is 50.2 Å². The Balaban J connectivity index is 1.41. The number of H-pyrrole nitrogens is 1. The van der Waals surface area contributed by atoms with Crippen molar-refractivity contribution in [1.29, 1.82) is 0 Å². The predicted octanol–water partition coefficient (Wildman–Crippen LogP) is 2.21. The number of hydrogen-bond donors (Lipinski definition) is 3. The fourth-order valence-corrected chi connectivity index (χ4v) is 4.34. The third kappa shape index (κ3) is 2.41. The first-order chi connectivity index (χ1) is 12.3.